The number of rotatable bonds is 6. The third-order valence-electron chi connectivity index (χ3n) is 1.50. The van der Waals surface area contributed by atoms with Gasteiger partial charge in [-0.3, -0.25) is 0 Å². The highest BCUT2D eigenvalue weighted by atomic mass is 28.4. The zero-order valence-electron chi connectivity index (χ0n) is 7.81. The van der Waals surface area contributed by atoms with Crippen LogP contribution in [0.1, 0.15) is 27.2 Å². The molecule has 0 aliphatic rings. The van der Waals surface area contributed by atoms with E-state index < -0.39 is 8.64 Å². The van der Waals surface area contributed by atoms with Crippen molar-refractivity contribution in [2.45, 2.75) is 33.2 Å². The van der Waals surface area contributed by atoms with Crippen molar-refractivity contribution in [3.8, 4) is 0 Å². The van der Waals surface area contributed by atoms with Crippen molar-refractivity contribution >= 4 is 8.64 Å². The van der Waals surface area contributed by atoms with Crippen molar-refractivity contribution < 1.29 is 4.43 Å². The van der Waals surface area contributed by atoms with Crippen molar-refractivity contribution in [2.24, 2.45) is 5.40 Å². The minimum Gasteiger partial charge on any atom is -0.392 e. The second-order valence-corrected chi connectivity index (χ2v) is 5.52. The number of hydrogen-bond acceptors (Lipinski definition) is 3. The van der Waals surface area contributed by atoms with Gasteiger partial charge in [0.05, 0.1) is 0 Å². The molecule has 1 atom stereocenters. The Labute approximate surface area is 70.6 Å². The molecule has 0 aliphatic carbocycles. The van der Waals surface area contributed by atoms with Gasteiger partial charge in [-0.15, -0.1) is 0 Å². The highest BCUT2D eigenvalue weighted by Crippen LogP contribution is 2.03. The van der Waals surface area contributed by atoms with Gasteiger partial charge in [-0.25, -0.2) is 0 Å². The summed E-state index contributed by atoms with van der Waals surface area (Å²) in [4.78, 5) is 3.26. The fourth-order valence-corrected chi connectivity index (χ4v) is 3.42. The fraction of sp³-hybridized carbons (Fsp3) is 1.00. The van der Waals surface area contributed by atoms with Crippen molar-refractivity contribution in [1.29, 1.82) is 0 Å². The second-order valence-electron chi connectivity index (χ2n) is 2.60. The molecule has 11 heavy (non-hydrogen) atoms. The Bertz CT molecular complexity index is 83.4. The van der Waals surface area contributed by atoms with Gasteiger partial charge in [0.15, 0.2) is 0 Å². The monoisotopic (exact) mass is 176 g/mol. The van der Waals surface area contributed by atoms with E-state index in [-0.39, 0.29) is 0 Å². The van der Waals surface area contributed by atoms with Gasteiger partial charge in [0.1, 0.15) is 0 Å². The average Bonchev–Trinajstić information content (AvgIpc) is 1.88. The number of hydrogen-bond donors (Lipinski definition) is 2. The summed E-state index contributed by atoms with van der Waals surface area (Å²) in [6, 6.07) is 0.995. The molecule has 0 saturated carbocycles. The lowest BCUT2D eigenvalue weighted by Gasteiger charge is -2.25. The van der Waals surface area contributed by atoms with Crippen molar-refractivity contribution in [2.75, 3.05) is 13.2 Å². The molecular weight excluding hydrogens is 156 g/mol. The maximum atomic E-state index is 6.04. The highest BCUT2D eigenvalue weighted by molar-refractivity contribution is 6.67. The van der Waals surface area contributed by atoms with Crippen LogP contribution in [-0.2, 0) is 4.43 Å². The molecule has 0 radical (unpaired) electrons. The van der Waals surface area contributed by atoms with Crippen LogP contribution in [0.25, 0.3) is 0 Å². The molecule has 0 fully saturated rings. The first-order chi connectivity index (χ1) is 5.18. The summed E-state index contributed by atoms with van der Waals surface area (Å²) in [5.41, 5.74) is 0. The van der Waals surface area contributed by atoms with Crippen LogP contribution in [0.3, 0.4) is 0 Å². The van der Waals surface area contributed by atoms with Crippen LogP contribution in [0.15, 0.2) is 0 Å². The third-order valence-corrected chi connectivity index (χ3v) is 4.50. The fourth-order valence-electron chi connectivity index (χ4n) is 1.14. The Kier molecular flexibility index (Phi) is 5.76. The standard InChI is InChI=1S/C7H20N2OSi/c1-4-7-11(8,9-5-2)10-6-3/h9H,4-8H2,1-3H3. The predicted octanol–water partition coefficient (Wildman–Crippen LogP) is 0.940. The first-order valence-corrected chi connectivity index (χ1v) is 6.55. The molecular formula is C7H20N2OSi. The van der Waals surface area contributed by atoms with Gasteiger partial charge in [0.2, 0.25) is 0 Å². The first kappa shape index (κ1) is 11.1. The quantitative estimate of drug-likeness (QED) is 0.592. The van der Waals surface area contributed by atoms with Crippen LogP contribution in [0.2, 0.25) is 6.04 Å². The molecule has 4 heteroatoms. The largest absolute Gasteiger partial charge is 0.392 e. The molecule has 0 aromatic heterocycles. The van der Waals surface area contributed by atoms with E-state index >= 15 is 0 Å². The second kappa shape index (κ2) is 5.71. The molecule has 0 amide bonds. The average molecular weight is 176 g/mol. The van der Waals surface area contributed by atoms with Gasteiger partial charge in [0.25, 0.3) is 0 Å². The van der Waals surface area contributed by atoms with Crippen molar-refractivity contribution in [3.63, 3.8) is 0 Å². The van der Waals surface area contributed by atoms with Crippen LogP contribution >= 0.6 is 0 Å². The molecule has 68 valence electrons. The summed E-state index contributed by atoms with van der Waals surface area (Å²) in [6.45, 7) is 7.80. The van der Waals surface area contributed by atoms with E-state index in [2.05, 4.69) is 18.8 Å². The zero-order chi connectivity index (χ0) is 8.74. The summed E-state index contributed by atoms with van der Waals surface area (Å²) in [5, 5.41) is 6.04. The summed E-state index contributed by atoms with van der Waals surface area (Å²) < 4.78 is 5.52. The molecule has 0 rings (SSSR count). The lowest BCUT2D eigenvalue weighted by atomic mass is 10.6. The van der Waals surface area contributed by atoms with Gasteiger partial charge in [0, 0.05) is 6.61 Å². The Balaban J connectivity index is 3.79. The molecule has 3 nitrogen and oxygen atoms in total. The normalized spacial score (nSPS) is 16.4. The maximum Gasteiger partial charge on any atom is 0.349 e. The van der Waals surface area contributed by atoms with Crippen molar-refractivity contribution in [1.82, 2.24) is 4.98 Å². The maximum absolute atomic E-state index is 6.04. The Morgan fingerprint density at radius 1 is 1.36 bits per heavy atom. The summed E-state index contributed by atoms with van der Waals surface area (Å²) in [7, 11) is -2.00. The Morgan fingerprint density at radius 3 is 2.36 bits per heavy atom. The van der Waals surface area contributed by atoms with E-state index in [1.165, 1.54) is 0 Å². The van der Waals surface area contributed by atoms with Crippen LogP contribution in [-0.4, -0.2) is 21.8 Å². The predicted molar refractivity (Wildman–Crippen MR) is 50.3 cm³/mol. The van der Waals surface area contributed by atoms with Gasteiger partial charge in [-0.1, -0.05) is 20.3 Å². The molecule has 3 N–H and O–H groups in total. The van der Waals surface area contributed by atoms with Crippen LogP contribution in [0.4, 0.5) is 0 Å². The lowest BCUT2D eigenvalue weighted by molar-refractivity contribution is 0.309. The van der Waals surface area contributed by atoms with E-state index in [0.29, 0.717) is 0 Å². The van der Waals surface area contributed by atoms with Gasteiger partial charge in [-0.05, 0) is 19.5 Å². The van der Waals surface area contributed by atoms with E-state index in [1.54, 1.807) is 0 Å². The minimum atomic E-state index is -2.00. The summed E-state index contributed by atoms with van der Waals surface area (Å²) in [6.07, 6.45) is 1.09. The van der Waals surface area contributed by atoms with Gasteiger partial charge in [-0.2, -0.15) is 0 Å². The zero-order valence-corrected chi connectivity index (χ0v) is 8.81. The molecule has 0 aromatic rings. The van der Waals surface area contributed by atoms with Gasteiger partial charge >= 0.3 is 8.64 Å². The molecule has 0 heterocycles. The smallest absolute Gasteiger partial charge is 0.349 e. The first-order valence-electron chi connectivity index (χ1n) is 4.36. The molecule has 0 aliphatic heterocycles. The summed E-state index contributed by atoms with van der Waals surface area (Å²) in [5.74, 6) is 0. The molecule has 0 saturated heterocycles. The Hall–Kier alpha value is 0.0969. The van der Waals surface area contributed by atoms with Gasteiger partial charge < -0.3 is 14.8 Å². The number of nitrogens with two attached hydrogens (primary N) is 1. The molecule has 0 aromatic carbocycles. The lowest BCUT2D eigenvalue weighted by Crippen LogP contribution is -2.61. The van der Waals surface area contributed by atoms with E-state index in [4.69, 9.17) is 9.83 Å². The van der Waals surface area contributed by atoms with E-state index in [1.807, 2.05) is 6.92 Å². The molecule has 0 bridgehead atoms. The van der Waals surface area contributed by atoms with Crippen LogP contribution in [0.5, 0.6) is 0 Å². The topological polar surface area (TPSA) is 47.3 Å². The highest BCUT2D eigenvalue weighted by Gasteiger charge is 2.28. The Morgan fingerprint density at radius 2 is 2.00 bits per heavy atom. The third kappa shape index (κ3) is 4.52. The molecule has 1 unspecified atom stereocenters. The van der Waals surface area contributed by atoms with Crippen LogP contribution in [0, 0.1) is 0 Å². The van der Waals surface area contributed by atoms with E-state index in [9.17, 15) is 0 Å². The van der Waals surface area contributed by atoms with Crippen LogP contribution < -0.4 is 10.4 Å². The number of nitrogens with one attached hydrogen (secondary N) is 1. The van der Waals surface area contributed by atoms with Crippen molar-refractivity contribution in [3.05, 3.63) is 0 Å². The SMILES string of the molecule is CCC[Si](N)(NCC)OCC. The minimum absolute atomic E-state index is 0.718. The van der Waals surface area contributed by atoms with E-state index in [0.717, 1.165) is 25.6 Å². The summed E-state index contributed by atoms with van der Waals surface area (Å²) >= 11 is 0. The molecule has 0 spiro atoms.